The Hall–Kier alpha value is -1.33. The van der Waals surface area contributed by atoms with Gasteiger partial charge in [-0.3, -0.25) is 9.59 Å². The molecule has 1 saturated heterocycles. The van der Waals surface area contributed by atoms with Crippen molar-refractivity contribution in [3.63, 3.8) is 0 Å². The molecular weight excluding hydrogens is 301 g/mol. The van der Waals surface area contributed by atoms with Gasteiger partial charge in [0.05, 0.1) is 0 Å². The van der Waals surface area contributed by atoms with Crippen molar-refractivity contribution in [3.05, 3.63) is 28.0 Å². The Morgan fingerprint density at radius 3 is 2.40 bits per heavy atom. The number of hydrogen-bond acceptors (Lipinski definition) is 3. The Morgan fingerprint density at radius 1 is 1.20 bits per heavy atom. The van der Waals surface area contributed by atoms with E-state index in [2.05, 4.69) is 10.3 Å². The van der Waals surface area contributed by atoms with Crippen LogP contribution in [0, 0.1) is 0 Å². The van der Waals surface area contributed by atoms with Crippen molar-refractivity contribution in [1.29, 1.82) is 0 Å². The van der Waals surface area contributed by atoms with E-state index in [-0.39, 0.29) is 22.1 Å². The number of likely N-dealkylation sites (tertiary alicyclic amines) is 1. The second-order valence-electron chi connectivity index (χ2n) is 4.60. The average molecular weight is 316 g/mol. The Bertz CT molecular complexity index is 496. The van der Waals surface area contributed by atoms with Crippen molar-refractivity contribution in [2.75, 3.05) is 19.6 Å². The molecule has 108 valence electrons. The van der Waals surface area contributed by atoms with Crippen molar-refractivity contribution in [2.24, 2.45) is 0 Å². The van der Waals surface area contributed by atoms with E-state index in [1.165, 1.54) is 12.1 Å². The van der Waals surface area contributed by atoms with Gasteiger partial charge >= 0.3 is 0 Å². The van der Waals surface area contributed by atoms with Crippen molar-refractivity contribution >= 4 is 35.0 Å². The van der Waals surface area contributed by atoms with Gasteiger partial charge in [-0.2, -0.15) is 0 Å². The number of nitrogens with one attached hydrogen (secondary N) is 1. The van der Waals surface area contributed by atoms with Gasteiger partial charge in [-0.05, 0) is 25.0 Å². The van der Waals surface area contributed by atoms with E-state index in [1.807, 2.05) is 4.90 Å². The van der Waals surface area contributed by atoms with E-state index >= 15 is 0 Å². The molecule has 0 saturated carbocycles. The highest BCUT2D eigenvalue weighted by Crippen LogP contribution is 2.14. The van der Waals surface area contributed by atoms with Gasteiger partial charge in [0.15, 0.2) is 0 Å². The van der Waals surface area contributed by atoms with E-state index in [0.717, 1.165) is 25.9 Å². The first-order valence-corrected chi connectivity index (χ1v) is 7.21. The second-order valence-corrected chi connectivity index (χ2v) is 5.37. The monoisotopic (exact) mass is 315 g/mol. The lowest BCUT2D eigenvalue weighted by atomic mass is 10.2. The van der Waals surface area contributed by atoms with Crippen LogP contribution in [0.25, 0.3) is 0 Å². The molecule has 1 aliphatic rings. The third-order valence-corrected chi connectivity index (χ3v) is 3.50. The zero-order chi connectivity index (χ0) is 14.5. The largest absolute Gasteiger partial charge is 0.352 e. The Kier molecular flexibility index (Phi) is 5.20. The summed E-state index contributed by atoms with van der Waals surface area (Å²) < 4.78 is 0. The first-order chi connectivity index (χ1) is 9.56. The van der Waals surface area contributed by atoms with Crippen LogP contribution < -0.4 is 5.32 Å². The molecule has 1 aromatic rings. The number of carbonyl (C=O) groups excluding carboxylic acids is 2. The number of amides is 2. The molecule has 2 amide bonds. The van der Waals surface area contributed by atoms with E-state index in [1.54, 1.807) is 0 Å². The average Bonchev–Trinajstić information content (AvgIpc) is 2.91. The van der Waals surface area contributed by atoms with E-state index in [0.29, 0.717) is 18.5 Å². The summed E-state index contributed by atoms with van der Waals surface area (Å²) in [5.41, 5.74) is 0.337. The first-order valence-electron chi connectivity index (χ1n) is 6.45. The van der Waals surface area contributed by atoms with Crippen molar-refractivity contribution in [3.8, 4) is 0 Å². The van der Waals surface area contributed by atoms with Gasteiger partial charge in [0, 0.05) is 31.6 Å². The summed E-state index contributed by atoms with van der Waals surface area (Å²) in [6, 6.07) is 2.87. The van der Waals surface area contributed by atoms with Crippen LogP contribution in [0.2, 0.25) is 10.3 Å². The molecule has 1 N–H and O–H groups in total. The number of halogens is 2. The predicted molar refractivity (Wildman–Crippen MR) is 77.0 cm³/mol. The minimum Gasteiger partial charge on any atom is -0.352 e. The third-order valence-electron chi connectivity index (χ3n) is 3.11. The molecule has 1 aromatic heterocycles. The summed E-state index contributed by atoms with van der Waals surface area (Å²) in [7, 11) is 0. The van der Waals surface area contributed by atoms with Gasteiger partial charge in [-0.15, -0.1) is 0 Å². The van der Waals surface area contributed by atoms with Crippen LogP contribution in [-0.4, -0.2) is 41.3 Å². The number of aromatic nitrogens is 1. The Labute approximate surface area is 127 Å². The number of hydrogen-bond donors (Lipinski definition) is 1. The quantitative estimate of drug-likeness (QED) is 0.866. The smallest absolute Gasteiger partial charge is 0.251 e. The topological polar surface area (TPSA) is 62.3 Å². The molecule has 7 heteroatoms. The summed E-state index contributed by atoms with van der Waals surface area (Å²) in [5.74, 6) is -0.237. The van der Waals surface area contributed by atoms with Crippen LogP contribution in [-0.2, 0) is 4.79 Å². The summed E-state index contributed by atoms with van der Waals surface area (Å²) in [5, 5.41) is 3.00. The highest BCUT2D eigenvalue weighted by atomic mass is 35.5. The molecule has 20 heavy (non-hydrogen) atoms. The van der Waals surface area contributed by atoms with Crippen LogP contribution in [0.3, 0.4) is 0 Å². The number of nitrogens with zero attached hydrogens (tertiary/aromatic N) is 2. The summed E-state index contributed by atoms with van der Waals surface area (Å²) in [4.78, 5) is 29.3. The van der Waals surface area contributed by atoms with Gasteiger partial charge in [0.2, 0.25) is 5.91 Å². The molecule has 1 aliphatic heterocycles. The lowest BCUT2D eigenvalue weighted by Gasteiger charge is -2.15. The second kappa shape index (κ2) is 6.90. The van der Waals surface area contributed by atoms with E-state index in [4.69, 9.17) is 23.2 Å². The number of rotatable bonds is 4. The van der Waals surface area contributed by atoms with Crippen molar-refractivity contribution < 1.29 is 9.59 Å². The Morgan fingerprint density at radius 2 is 1.80 bits per heavy atom. The minimum absolute atomic E-state index is 0.0774. The third kappa shape index (κ3) is 4.08. The van der Waals surface area contributed by atoms with Crippen molar-refractivity contribution in [1.82, 2.24) is 15.2 Å². The van der Waals surface area contributed by atoms with E-state index in [9.17, 15) is 9.59 Å². The van der Waals surface area contributed by atoms with Crippen LogP contribution in [0.1, 0.15) is 29.6 Å². The molecule has 0 radical (unpaired) electrons. The normalized spacial score (nSPS) is 14.4. The minimum atomic E-state index is -0.314. The molecule has 5 nitrogen and oxygen atoms in total. The van der Waals surface area contributed by atoms with Gasteiger partial charge in [-0.25, -0.2) is 4.98 Å². The fourth-order valence-electron chi connectivity index (χ4n) is 2.11. The fourth-order valence-corrected chi connectivity index (χ4v) is 2.57. The van der Waals surface area contributed by atoms with Gasteiger partial charge < -0.3 is 10.2 Å². The maximum absolute atomic E-state index is 11.9. The fraction of sp³-hybridized carbons (Fsp3) is 0.462. The highest BCUT2D eigenvalue weighted by molar-refractivity contribution is 6.33. The molecule has 1 fully saturated rings. The molecule has 0 atom stereocenters. The maximum Gasteiger partial charge on any atom is 0.251 e. The molecule has 0 aliphatic carbocycles. The van der Waals surface area contributed by atoms with Crippen molar-refractivity contribution in [2.45, 2.75) is 19.3 Å². The molecular formula is C13H15Cl2N3O2. The predicted octanol–water partition coefficient (Wildman–Crippen LogP) is 2.13. The SMILES string of the molecule is O=C(NCCC(=O)N1CCCC1)c1cc(Cl)nc(Cl)c1. The Balaban J connectivity index is 1.81. The van der Waals surface area contributed by atoms with E-state index < -0.39 is 0 Å². The van der Waals surface area contributed by atoms with Crippen LogP contribution in [0.5, 0.6) is 0 Å². The maximum atomic E-state index is 11.9. The lowest BCUT2D eigenvalue weighted by Crippen LogP contribution is -2.32. The zero-order valence-corrected chi connectivity index (χ0v) is 12.4. The highest BCUT2D eigenvalue weighted by Gasteiger charge is 2.17. The first kappa shape index (κ1) is 15.1. The number of pyridine rings is 1. The van der Waals surface area contributed by atoms with Gasteiger partial charge in [0.1, 0.15) is 10.3 Å². The van der Waals surface area contributed by atoms with Crippen LogP contribution in [0.15, 0.2) is 12.1 Å². The summed E-state index contributed by atoms with van der Waals surface area (Å²) >= 11 is 11.5. The molecule has 2 heterocycles. The van der Waals surface area contributed by atoms with Gasteiger partial charge in [-0.1, -0.05) is 23.2 Å². The molecule has 0 unspecified atom stereocenters. The molecule has 2 rings (SSSR count). The van der Waals surface area contributed by atoms with Crippen LogP contribution >= 0.6 is 23.2 Å². The molecule has 0 aromatic carbocycles. The molecule has 0 bridgehead atoms. The lowest BCUT2D eigenvalue weighted by molar-refractivity contribution is -0.129. The standard InChI is InChI=1S/C13H15Cl2N3O2/c14-10-7-9(8-11(15)17-10)13(20)16-4-3-12(19)18-5-1-2-6-18/h7-8H,1-6H2,(H,16,20). The van der Waals surface area contributed by atoms with Crippen LogP contribution in [0.4, 0.5) is 0 Å². The number of carbonyl (C=O) groups is 2. The summed E-state index contributed by atoms with van der Waals surface area (Å²) in [6.07, 6.45) is 2.43. The summed E-state index contributed by atoms with van der Waals surface area (Å²) in [6.45, 7) is 1.94. The molecule has 0 spiro atoms. The van der Waals surface area contributed by atoms with Gasteiger partial charge in [0.25, 0.3) is 5.91 Å². The zero-order valence-electron chi connectivity index (χ0n) is 10.9.